The second-order valence-corrected chi connectivity index (χ2v) is 3.43. The Labute approximate surface area is 96.4 Å². The molecular formula is C14H18F2. The Kier molecular flexibility index (Phi) is 7.10. The maximum absolute atomic E-state index is 12.6. The van der Waals surface area contributed by atoms with Crippen LogP contribution < -0.4 is 0 Å². The third-order valence-corrected chi connectivity index (χ3v) is 2.16. The van der Waals surface area contributed by atoms with E-state index in [0.29, 0.717) is 0 Å². The van der Waals surface area contributed by atoms with Crippen LogP contribution in [0.3, 0.4) is 0 Å². The molecule has 0 aliphatic carbocycles. The van der Waals surface area contributed by atoms with E-state index in [0.717, 1.165) is 22.8 Å². The molecule has 0 atom stereocenters. The lowest BCUT2D eigenvalue weighted by Gasteiger charge is -2.01. The first-order chi connectivity index (χ1) is 7.54. The van der Waals surface area contributed by atoms with Crippen molar-refractivity contribution in [1.82, 2.24) is 0 Å². The van der Waals surface area contributed by atoms with Gasteiger partial charge < -0.3 is 0 Å². The molecule has 0 nitrogen and oxygen atoms in total. The first-order valence-corrected chi connectivity index (χ1v) is 5.11. The minimum atomic E-state index is -1.06. The van der Waals surface area contributed by atoms with Gasteiger partial charge in [-0.3, -0.25) is 0 Å². The second-order valence-electron chi connectivity index (χ2n) is 3.43. The van der Waals surface area contributed by atoms with Gasteiger partial charge in [0.15, 0.2) is 0 Å². The third-order valence-electron chi connectivity index (χ3n) is 2.16. The van der Waals surface area contributed by atoms with Crippen LogP contribution in [0.15, 0.2) is 59.5 Å². The lowest BCUT2D eigenvalue weighted by atomic mass is 10.0. The first kappa shape index (κ1) is 14.6. The zero-order valence-corrected chi connectivity index (χ0v) is 10.1. The molecule has 0 aromatic carbocycles. The van der Waals surface area contributed by atoms with E-state index in [4.69, 9.17) is 0 Å². The molecule has 0 heterocycles. The van der Waals surface area contributed by atoms with Crippen LogP contribution in [0.25, 0.3) is 0 Å². The summed E-state index contributed by atoms with van der Waals surface area (Å²) in [6.45, 7) is 8.36. The SMILES string of the molecule is C=CC(=C\C(C)=C/C)/C(C)=C/C=C(/F)CF. The summed E-state index contributed by atoms with van der Waals surface area (Å²) in [6.07, 6.45) is 8.29. The molecule has 0 spiro atoms. The molecule has 16 heavy (non-hydrogen) atoms. The maximum atomic E-state index is 12.6. The van der Waals surface area contributed by atoms with Crippen molar-refractivity contribution < 1.29 is 8.78 Å². The molecule has 0 N–H and O–H groups in total. The third kappa shape index (κ3) is 5.44. The van der Waals surface area contributed by atoms with Crippen LogP contribution in [0.5, 0.6) is 0 Å². The van der Waals surface area contributed by atoms with Crippen LogP contribution in [0.4, 0.5) is 8.78 Å². The van der Waals surface area contributed by atoms with Crippen LogP contribution in [-0.2, 0) is 0 Å². The van der Waals surface area contributed by atoms with E-state index in [9.17, 15) is 8.78 Å². The van der Waals surface area contributed by atoms with Crippen LogP contribution >= 0.6 is 0 Å². The van der Waals surface area contributed by atoms with Crippen molar-refractivity contribution in [3.63, 3.8) is 0 Å². The quantitative estimate of drug-likeness (QED) is 0.586. The monoisotopic (exact) mass is 224 g/mol. The van der Waals surface area contributed by atoms with Crippen molar-refractivity contribution >= 4 is 0 Å². The average molecular weight is 224 g/mol. The Hall–Kier alpha value is -1.44. The van der Waals surface area contributed by atoms with Crippen LogP contribution in [0.2, 0.25) is 0 Å². The predicted octanol–water partition coefficient (Wildman–Crippen LogP) is 4.83. The molecule has 0 amide bonds. The van der Waals surface area contributed by atoms with E-state index in [1.54, 1.807) is 12.2 Å². The maximum Gasteiger partial charge on any atom is 0.141 e. The van der Waals surface area contributed by atoms with E-state index in [1.165, 1.54) is 0 Å². The molecule has 0 aromatic heterocycles. The molecule has 0 radical (unpaired) electrons. The highest BCUT2D eigenvalue weighted by atomic mass is 19.2. The number of alkyl halides is 1. The summed E-state index contributed by atoms with van der Waals surface area (Å²) in [4.78, 5) is 0. The molecule has 0 saturated heterocycles. The summed E-state index contributed by atoms with van der Waals surface area (Å²) in [5.41, 5.74) is 2.84. The largest absolute Gasteiger partial charge is 0.243 e. The van der Waals surface area contributed by atoms with Gasteiger partial charge in [0.05, 0.1) is 0 Å². The van der Waals surface area contributed by atoms with E-state index in [1.807, 2.05) is 32.9 Å². The van der Waals surface area contributed by atoms with E-state index in [2.05, 4.69) is 6.58 Å². The van der Waals surface area contributed by atoms with Crippen LogP contribution in [0.1, 0.15) is 20.8 Å². The number of allylic oxidation sites excluding steroid dienone is 9. The van der Waals surface area contributed by atoms with E-state index >= 15 is 0 Å². The smallest absolute Gasteiger partial charge is 0.141 e. The van der Waals surface area contributed by atoms with Crippen molar-refractivity contribution in [2.45, 2.75) is 20.8 Å². The van der Waals surface area contributed by atoms with E-state index < -0.39 is 12.5 Å². The summed E-state index contributed by atoms with van der Waals surface area (Å²) < 4.78 is 24.4. The van der Waals surface area contributed by atoms with Gasteiger partial charge in [0.25, 0.3) is 0 Å². The van der Waals surface area contributed by atoms with Gasteiger partial charge in [-0.15, -0.1) is 0 Å². The highest BCUT2D eigenvalue weighted by Crippen LogP contribution is 2.14. The minimum absolute atomic E-state index is 0.773. The van der Waals surface area contributed by atoms with Gasteiger partial charge in [-0.2, -0.15) is 0 Å². The molecule has 0 aliphatic rings. The molecule has 0 saturated carbocycles. The topological polar surface area (TPSA) is 0 Å². The van der Waals surface area contributed by atoms with Crippen LogP contribution in [0, 0.1) is 0 Å². The summed E-state index contributed by atoms with van der Waals surface area (Å²) in [5, 5.41) is 0. The van der Waals surface area contributed by atoms with Gasteiger partial charge >= 0.3 is 0 Å². The van der Waals surface area contributed by atoms with Crippen molar-refractivity contribution in [1.29, 1.82) is 0 Å². The van der Waals surface area contributed by atoms with Gasteiger partial charge in [0.1, 0.15) is 12.5 Å². The summed E-state index contributed by atoms with van der Waals surface area (Å²) in [5.74, 6) is -0.773. The van der Waals surface area contributed by atoms with Crippen molar-refractivity contribution in [2.24, 2.45) is 0 Å². The number of hydrogen-bond acceptors (Lipinski definition) is 0. The van der Waals surface area contributed by atoms with Gasteiger partial charge in [-0.05, 0) is 38.0 Å². The number of hydrogen-bond donors (Lipinski definition) is 0. The molecule has 0 rings (SSSR count). The fraction of sp³-hybridized carbons (Fsp3) is 0.286. The summed E-state index contributed by atoms with van der Waals surface area (Å²) >= 11 is 0. The molecular weight excluding hydrogens is 206 g/mol. The summed E-state index contributed by atoms with van der Waals surface area (Å²) in [6, 6.07) is 0. The van der Waals surface area contributed by atoms with Crippen molar-refractivity contribution in [3.8, 4) is 0 Å². The van der Waals surface area contributed by atoms with Crippen molar-refractivity contribution in [3.05, 3.63) is 59.5 Å². The van der Waals surface area contributed by atoms with Gasteiger partial charge in [0, 0.05) is 0 Å². The lowest BCUT2D eigenvalue weighted by Crippen LogP contribution is -1.83. The predicted molar refractivity (Wildman–Crippen MR) is 66.6 cm³/mol. The number of halogens is 2. The zero-order valence-electron chi connectivity index (χ0n) is 10.1. The van der Waals surface area contributed by atoms with Crippen LogP contribution in [-0.4, -0.2) is 6.67 Å². The fourth-order valence-corrected chi connectivity index (χ4v) is 1.02. The zero-order chi connectivity index (χ0) is 12.6. The molecule has 0 aromatic rings. The molecule has 0 fully saturated rings. The van der Waals surface area contributed by atoms with Gasteiger partial charge in [-0.25, -0.2) is 8.78 Å². The fourth-order valence-electron chi connectivity index (χ4n) is 1.02. The number of rotatable bonds is 5. The van der Waals surface area contributed by atoms with Gasteiger partial charge in [0.2, 0.25) is 0 Å². The van der Waals surface area contributed by atoms with Crippen molar-refractivity contribution in [2.75, 3.05) is 6.67 Å². The Morgan fingerprint density at radius 1 is 1.25 bits per heavy atom. The minimum Gasteiger partial charge on any atom is -0.243 e. The normalized spacial score (nSPS) is 15.3. The molecule has 0 unspecified atom stereocenters. The van der Waals surface area contributed by atoms with E-state index in [-0.39, 0.29) is 0 Å². The molecule has 2 heteroatoms. The highest BCUT2D eigenvalue weighted by molar-refractivity contribution is 5.43. The molecule has 0 aliphatic heterocycles. The van der Waals surface area contributed by atoms with Gasteiger partial charge in [-0.1, -0.05) is 36.5 Å². The standard InChI is InChI=1S/C14H18F2/c1-5-11(3)9-13(6-2)12(4)7-8-14(16)10-15/h5-9H,2,10H2,1,3-4H3/b11-5-,12-7+,13-9+,14-8+. The lowest BCUT2D eigenvalue weighted by molar-refractivity contribution is 0.459. The summed E-state index contributed by atoms with van der Waals surface area (Å²) in [7, 11) is 0. The molecule has 88 valence electrons. The molecule has 0 bridgehead atoms. The highest BCUT2D eigenvalue weighted by Gasteiger charge is 1.95. The second kappa shape index (κ2) is 7.80. The Bertz CT molecular complexity index is 355. The first-order valence-electron chi connectivity index (χ1n) is 5.11. The average Bonchev–Trinajstić information content (AvgIpc) is 2.31. The Morgan fingerprint density at radius 3 is 2.31 bits per heavy atom. The Balaban J connectivity index is 5.00. The Morgan fingerprint density at radius 2 is 1.88 bits per heavy atom.